The van der Waals surface area contributed by atoms with Crippen molar-refractivity contribution in [1.82, 2.24) is 9.97 Å². The van der Waals surface area contributed by atoms with Gasteiger partial charge in [0.2, 0.25) is 5.95 Å². The molecule has 1 aliphatic heterocycles. The van der Waals surface area contributed by atoms with Gasteiger partial charge in [-0.25, -0.2) is 13.4 Å². The van der Waals surface area contributed by atoms with Gasteiger partial charge >= 0.3 is 0 Å². The van der Waals surface area contributed by atoms with Crippen molar-refractivity contribution < 1.29 is 8.42 Å². The van der Waals surface area contributed by atoms with E-state index in [9.17, 15) is 8.42 Å². The summed E-state index contributed by atoms with van der Waals surface area (Å²) in [6.07, 6.45) is 4.12. The number of hydrogen-bond acceptors (Lipinski definition) is 6. The van der Waals surface area contributed by atoms with E-state index in [1.807, 2.05) is 13.0 Å². The molecule has 1 fully saturated rings. The Kier molecular flexibility index (Phi) is 5.39. The molecule has 2 rings (SSSR count). The van der Waals surface area contributed by atoms with Gasteiger partial charge in [0, 0.05) is 24.3 Å². The van der Waals surface area contributed by atoms with Crippen LogP contribution in [0.2, 0.25) is 0 Å². The standard InChI is InChI=1S/C14H24N4O2S/c1-3-4-5-7-15-13-9-11(2)16-14(18-13)17-12-6-8-21(19,20)10-12/h9,12H,3-8,10H2,1-2H3,(H2,15,16,17,18). The fourth-order valence-electron chi connectivity index (χ4n) is 2.41. The molecule has 1 atom stereocenters. The lowest BCUT2D eigenvalue weighted by Gasteiger charge is -2.13. The van der Waals surface area contributed by atoms with E-state index in [0.29, 0.717) is 12.4 Å². The van der Waals surface area contributed by atoms with Crippen LogP contribution >= 0.6 is 0 Å². The fraction of sp³-hybridized carbons (Fsp3) is 0.714. The lowest BCUT2D eigenvalue weighted by molar-refractivity contribution is 0.602. The molecule has 0 aliphatic carbocycles. The number of sulfone groups is 1. The Morgan fingerprint density at radius 2 is 2.14 bits per heavy atom. The average molecular weight is 312 g/mol. The van der Waals surface area contributed by atoms with E-state index < -0.39 is 9.84 Å². The van der Waals surface area contributed by atoms with Crippen LogP contribution in [0.25, 0.3) is 0 Å². The Labute approximate surface area is 126 Å². The van der Waals surface area contributed by atoms with E-state index in [1.165, 1.54) is 12.8 Å². The highest BCUT2D eigenvalue weighted by atomic mass is 32.2. The summed E-state index contributed by atoms with van der Waals surface area (Å²) in [6.45, 7) is 4.98. The van der Waals surface area contributed by atoms with Gasteiger partial charge in [0.25, 0.3) is 0 Å². The van der Waals surface area contributed by atoms with Crippen molar-refractivity contribution in [2.75, 3.05) is 28.7 Å². The van der Waals surface area contributed by atoms with Gasteiger partial charge in [-0.15, -0.1) is 0 Å². The van der Waals surface area contributed by atoms with Crippen molar-refractivity contribution in [3.05, 3.63) is 11.8 Å². The van der Waals surface area contributed by atoms with Crippen LogP contribution in [-0.4, -0.2) is 42.5 Å². The van der Waals surface area contributed by atoms with Gasteiger partial charge in [0.15, 0.2) is 9.84 Å². The largest absolute Gasteiger partial charge is 0.370 e. The molecule has 1 saturated heterocycles. The second-order valence-corrected chi connectivity index (χ2v) is 7.83. The Bertz CT molecular complexity index is 574. The van der Waals surface area contributed by atoms with E-state index in [1.54, 1.807) is 0 Å². The normalized spacial score (nSPS) is 20.4. The van der Waals surface area contributed by atoms with Gasteiger partial charge < -0.3 is 10.6 Å². The van der Waals surface area contributed by atoms with Crippen LogP contribution < -0.4 is 10.6 Å². The molecule has 118 valence electrons. The molecule has 0 radical (unpaired) electrons. The zero-order valence-corrected chi connectivity index (χ0v) is 13.5. The summed E-state index contributed by atoms with van der Waals surface area (Å²) in [5, 5.41) is 6.43. The molecule has 6 nitrogen and oxygen atoms in total. The number of rotatable bonds is 7. The lowest BCUT2D eigenvalue weighted by Crippen LogP contribution is -2.22. The van der Waals surface area contributed by atoms with Gasteiger partial charge in [0.05, 0.1) is 11.5 Å². The first-order chi connectivity index (χ1) is 9.98. The highest BCUT2D eigenvalue weighted by molar-refractivity contribution is 7.91. The molecule has 0 amide bonds. The number of unbranched alkanes of at least 4 members (excludes halogenated alkanes) is 2. The summed E-state index contributed by atoms with van der Waals surface area (Å²) in [6, 6.07) is 1.83. The van der Waals surface area contributed by atoms with Crippen LogP contribution in [-0.2, 0) is 9.84 Å². The molecule has 1 unspecified atom stereocenters. The molecule has 0 spiro atoms. The number of aryl methyl sites for hydroxylation is 1. The van der Waals surface area contributed by atoms with Crippen LogP contribution in [0.4, 0.5) is 11.8 Å². The van der Waals surface area contributed by atoms with E-state index in [-0.39, 0.29) is 17.5 Å². The van der Waals surface area contributed by atoms with Crippen molar-refractivity contribution in [2.45, 2.75) is 45.6 Å². The van der Waals surface area contributed by atoms with Gasteiger partial charge in [-0.05, 0) is 19.8 Å². The monoisotopic (exact) mass is 312 g/mol. The van der Waals surface area contributed by atoms with Crippen LogP contribution in [0.15, 0.2) is 6.07 Å². The second kappa shape index (κ2) is 7.06. The Hall–Kier alpha value is -1.37. The van der Waals surface area contributed by atoms with E-state index in [2.05, 4.69) is 27.5 Å². The number of aromatic nitrogens is 2. The van der Waals surface area contributed by atoms with Crippen molar-refractivity contribution >= 4 is 21.6 Å². The number of anilines is 2. The Morgan fingerprint density at radius 3 is 2.81 bits per heavy atom. The second-order valence-electron chi connectivity index (χ2n) is 5.60. The predicted octanol–water partition coefficient (Wildman–Crippen LogP) is 1.99. The SMILES string of the molecule is CCCCCNc1cc(C)nc(NC2CCS(=O)(=O)C2)n1. The molecule has 1 aromatic rings. The molecule has 2 N–H and O–H groups in total. The highest BCUT2D eigenvalue weighted by Gasteiger charge is 2.28. The minimum absolute atomic E-state index is 0.0789. The summed E-state index contributed by atoms with van der Waals surface area (Å²) >= 11 is 0. The minimum Gasteiger partial charge on any atom is -0.370 e. The van der Waals surface area contributed by atoms with Gasteiger partial charge in [-0.1, -0.05) is 19.8 Å². The first kappa shape index (κ1) is 16.0. The molecule has 0 saturated carbocycles. The molecule has 21 heavy (non-hydrogen) atoms. The molecular formula is C14H24N4O2S. The summed E-state index contributed by atoms with van der Waals surface area (Å²) in [5.74, 6) is 1.72. The molecule has 1 aromatic heterocycles. The average Bonchev–Trinajstić information content (AvgIpc) is 2.73. The lowest BCUT2D eigenvalue weighted by atomic mass is 10.2. The van der Waals surface area contributed by atoms with Crippen LogP contribution in [0.5, 0.6) is 0 Å². The molecule has 2 heterocycles. The zero-order valence-electron chi connectivity index (χ0n) is 12.7. The molecule has 0 bridgehead atoms. The van der Waals surface area contributed by atoms with Crippen LogP contribution in [0.3, 0.4) is 0 Å². The topological polar surface area (TPSA) is 84.0 Å². The molecular weight excluding hydrogens is 288 g/mol. The zero-order chi connectivity index (χ0) is 15.3. The Morgan fingerprint density at radius 1 is 1.33 bits per heavy atom. The summed E-state index contributed by atoms with van der Waals surface area (Å²) < 4.78 is 22.9. The predicted molar refractivity (Wildman–Crippen MR) is 85.5 cm³/mol. The van der Waals surface area contributed by atoms with E-state index in [4.69, 9.17) is 0 Å². The van der Waals surface area contributed by atoms with Crippen molar-refractivity contribution in [1.29, 1.82) is 0 Å². The molecule has 7 heteroatoms. The molecule has 1 aliphatic rings. The summed E-state index contributed by atoms with van der Waals surface area (Å²) in [7, 11) is -2.89. The number of nitrogens with one attached hydrogen (secondary N) is 2. The van der Waals surface area contributed by atoms with Crippen LogP contribution in [0.1, 0.15) is 38.3 Å². The third-order valence-corrected chi connectivity index (χ3v) is 5.27. The number of nitrogens with zero attached hydrogens (tertiary/aromatic N) is 2. The summed E-state index contributed by atoms with van der Waals surface area (Å²) in [5.41, 5.74) is 0.867. The maximum absolute atomic E-state index is 11.5. The maximum Gasteiger partial charge on any atom is 0.225 e. The first-order valence-corrected chi connectivity index (χ1v) is 9.37. The highest BCUT2D eigenvalue weighted by Crippen LogP contribution is 2.17. The smallest absolute Gasteiger partial charge is 0.225 e. The van der Waals surface area contributed by atoms with Gasteiger partial charge in [-0.3, -0.25) is 0 Å². The van der Waals surface area contributed by atoms with E-state index in [0.717, 1.165) is 24.5 Å². The quantitative estimate of drug-likeness (QED) is 0.749. The third kappa shape index (κ3) is 5.15. The molecule has 0 aromatic carbocycles. The van der Waals surface area contributed by atoms with Crippen molar-refractivity contribution in [3.63, 3.8) is 0 Å². The third-order valence-electron chi connectivity index (χ3n) is 3.51. The van der Waals surface area contributed by atoms with Crippen LogP contribution in [0, 0.1) is 6.92 Å². The summed E-state index contributed by atoms with van der Waals surface area (Å²) in [4.78, 5) is 8.75. The Balaban J connectivity index is 1.95. The van der Waals surface area contributed by atoms with Crippen molar-refractivity contribution in [2.24, 2.45) is 0 Å². The fourth-order valence-corrected chi connectivity index (χ4v) is 4.08. The van der Waals surface area contributed by atoms with E-state index >= 15 is 0 Å². The van der Waals surface area contributed by atoms with Gasteiger partial charge in [0.1, 0.15) is 5.82 Å². The number of hydrogen-bond donors (Lipinski definition) is 2. The van der Waals surface area contributed by atoms with Crippen molar-refractivity contribution in [3.8, 4) is 0 Å². The maximum atomic E-state index is 11.5. The minimum atomic E-state index is -2.89. The first-order valence-electron chi connectivity index (χ1n) is 7.55. The van der Waals surface area contributed by atoms with Gasteiger partial charge in [-0.2, -0.15) is 4.98 Å².